The van der Waals surface area contributed by atoms with E-state index in [2.05, 4.69) is 25.2 Å². The Morgan fingerprint density at radius 2 is 2.20 bits per heavy atom. The van der Waals surface area contributed by atoms with Gasteiger partial charge in [0, 0.05) is 22.8 Å². The van der Waals surface area contributed by atoms with Crippen molar-refractivity contribution < 1.29 is 5.11 Å². The van der Waals surface area contributed by atoms with E-state index >= 15 is 0 Å². The highest BCUT2D eigenvalue weighted by Gasteiger charge is 2.33. The first-order valence-corrected chi connectivity index (χ1v) is 6.40. The van der Waals surface area contributed by atoms with Crippen LogP contribution in [-0.2, 0) is 6.54 Å². The molecule has 2 nitrogen and oxygen atoms in total. The minimum absolute atomic E-state index is 0.404. The molecule has 1 saturated carbocycles. The van der Waals surface area contributed by atoms with Gasteiger partial charge in [0.1, 0.15) is 0 Å². The molecule has 1 fully saturated rings. The van der Waals surface area contributed by atoms with Crippen molar-refractivity contribution in [2.45, 2.75) is 45.3 Å². The van der Waals surface area contributed by atoms with E-state index in [1.807, 2.05) is 11.3 Å². The van der Waals surface area contributed by atoms with Crippen LogP contribution in [0.5, 0.6) is 0 Å². The summed E-state index contributed by atoms with van der Waals surface area (Å²) >= 11 is 1.84. The number of nitrogens with one attached hydrogen (secondary N) is 1. The van der Waals surface area contributed by atoms with Crippen molar-refractivity contribution in [3.63, 3.8) is 0 Å². The maximum Gasteiger partial charge on any atom is 0.0771 e. The Kier molecular flexibility index (Phi) is 3.14. The van der Waals surface area contributed by atoms with Crippen LogP contribution in [-0.4, -0.2) is 17.3 Å². The fourth-order valence-corrected chi connectivity index (χ4v) is 3.00. The van der Waals surface area contributed by atoms with Gasteiger partial charge in [-0.05, 0) is 44.7 Å². The van der Waals surface area contributed by atoms with E-state index in [0.29, 0.717) is 0 Å². The highest BCUT2D eigenvalue weighted by molar-refractivity contribution is 7.12. The highest BCUT2D eigenvalue weighted by atomic mass is 32.1. The van der Waals surface area contributed by atoms with Crippen LogP contribution in [0.1, 0.15) is 34.6 Å². The molecule has 1 aliphatic carbocycles. The Morgan fingerprint density at radius 3 is 2.67 bits per heavy atom. The van der Waals surface area contributed by atoms with Crippen molar-refractivity contribution in [2.24, 2.45) is 0 Å². The summed E-state index contributed by atoms with van der Waals surface area (Å²) < 4.78 is 0. The molecule has 0 aliphatic heterocycles. The quantitative estimate of drug-likeness (QED) is 0.824. The highest BCUT2D eigenvalue weighted by Crippen LogP contribution is 2.30. The number of rotatable bonds is 4. The zero-order valence-corrected chi connectivity index (χ0v) is 10.3. The van der Waals surface area contributed by atoms with Gasteiger partial charge in [-0.2, -0.15) is 0 Å². The van der Waals surface area contributed by atoms with E-state index in [1.165, 1.54) is 21.7 Å². The zero-order chi connectivity index (χ0) is 10.9. The van der Waals surface area contributed by atoms with Crippen molar-refractivity contribution in [1.29, 1.82) is 0 Å². The van der Waals surface area contributed by atoms with Crippen LogP contribution >= 0.6 is 11.3 Å². The van der Waals surface area contributed by atoms with E-state index < -0.39 is 5.60 Å². The van der Waals surface area contributed by atoms with Gasteiger partial charge >= 0.3 is 0 Å². The second-order valence-electron chi connectivity index (χ2n) is 4.62. The second-order valence-corrected chi connectivity index (χ2v) is 6.08. The first-order valence-electron chi connectivity index (χ1n) is 5.58. The molecule has 15 heavy (non-hydrogen) atoms. The molecule has 0 atom stereocenters. The SMILES string of the molecule is Cc1cc(CNCC2(O)CCC2)c(C)s1. The number of thiophene rings is 1. The zero-order valence-electron chi connectivity index (χ0n) is 9.47. The van der Waals surface area contributed by atoms with Crippen molar-refractivity contribution >= 4 is 11.3 Å². The molecule has 0 spiro atoms. The molecule has 1 heterocycles. The van der Waals surface area contributed by atoms with Crippen molar-refractivity contribution in [3.8, 4) is 0 Å². The third kappa shape index (κ3) is 2.60. The molecule has 1 aromatic rings. The Hall–Kier alpha value is -0.380. The lowest BCUT2D eigenvalue weighted by atomic mass is 9.80. The molecular formula is C12H19NOS. The molecule has 84 valence electrons. The largest absolute Gasteiger partial charge is 0.389 e. The van der Waals surface area contributed by atoms with Gasteiger partial charge in [0.2, 0.25) is 0 Å². The maximum absolute atomic E-state index is 9.90. The molecular weight excluding hydrogens is 206 g/mol. The summed E-state index contributed by atoms with van der Waals surface area (Å²) in [6.45, 7) is 5.92. The van der Waals surface area contributed by atoms with Gasteiger partial charge in [-0.15, -0.1) is 11.3 Å². The molecule has 0 bridgehead atoms. The number of hydrogen-bond donors (Lipinski definition) is 2. The van der Waals surface area contributed by atoms with Crippen LogP contribution in [0.3, 0.4) is 0 Å². The van der Waals surface area contributed by atoms with E-state index in [0.717, 1.165) is 25.9 Å². The van der Waals surface area contributed by atoms with E-state index in [4.69, 9.17) is 0 Å². The van der Waals surface area contributed by atoms with E-state index in [9.17, 15) is 5.11 Å². The molecule has 2 N–H and O–H groups in total. The smallest absolute Gasteiger partial charge is 0.0771 e. The molecule has 0 amide bonds. The summed E-state index contributed by atoms with van der Waals surface area (Å²) in [5, 5.41) is 13.3. The summed E-state index contributed by atoms with van der Waals surface area (Å²) in [6.07, 6.45) is 3.10. The third-order valence-corrected chi connectivity index (χ3v) is 4.21. The first-order chi connectivity index (χ1) is 7.09. The monoisotopic (exact) mass is 225 g/mol. The topological polar surface area (TPSA) is 32.3 Å². The summed E-state index contributed by atoms with van der Waals surface area (Å²) in [5.74, 6) is 0. The number of aryl methyl sites for hydroxylation is 2. The predicted octanol–water partition coefficient (Wildman–Crippen LogP) is 2.37. The predicted molar refractivity (Wildman–Crippen MR) is 64.3 cm³/mol. The Balaban J connectivity index is 1.80. The summed E-state index contributed by atoms with van der Waals surface area (Å²) in [6, 6.07) is 2.23. The summed E-state index contributed by atoms with van der Waals surface area (Å²) in [7, 11) is 0. The minimum Gasteiger partial charge on any atom is -0.389 e. The Morgan fingerprint density at radius 1 is 1.47 bits per heavy atom. The van der Waals surface area contributed by atoms with Crippen LogP contribution in [0.4, 0.5) is 0 Å². The maximum atomic E-state index is 9.90. The number of aliphatic hydroxyl groups is 1. The average Bonchev–Trinajstić information content (AvgIpc) is 2.42. The lowest BCUT2D eigenvalue weighted by Gasteiger charge is -2.36. The molecule has 0 saturated heterocycles. The molecule has 3 heteroatoms. The summed E-state index contributed by atoms with van der Waals surface area (Å²) in [5.41, 5.74) is 0.972. The first kappa shape index (κ1) is 11.1. The molecule has 0 unspecified atom stereocenters. The molecule has 2 rings (SSSR count). The Labute approximate surface area is 95.3 Å². The van der Waals surface area contributed by atoms with Crippen LogP contribution in [0.25, 0.3) is 0 Å². The van der Waals surface area contributed by atoms with E-state index in [1.54, 1.807) is 0 Å². The Bertz CT molecular complexity index is 341. The molecule has 1 aromatic heterocycles. The third-order valence-electron chi connectivity index (χ3n) is 3.20. The minimum atomic E-state index is -0.404. The van der Waals surface area contributed by atoms with Crippen molar-refractivity contribution in [2.75, 3.05) is 6.54 Å². The van der Waals surface area contributed by atoms with E-state index in [-0.39, 0.29) is 0 Å². The van der Waals surface area contributed by atoms with Crippen LogP contribution in [0.2, 0.25) is 0 Å². The average molecular weight is 225 g/mol. The number of hydrogen-bond acceptors (Lipinski definition) is 3. The van der Waals surface area contributed by atoms with Crippen LogP contribution < -0.4 is 5.32 Å². The lowest BCUT2D eigenvalue weighted by Crippen LogP contribution is -2.45. The van der Waals surface area contributed by atoms with Gasteiger partial charge < -0.3 is 10.4 Å². The van der Waals surface area contributed by atoms with Gasteiger partial charge in [0.25, 0.3) is 0 Å². The summed E-state index contributed by atoms with van der Waals surface area (Å²) in [4.78, 5) is 2.76. The van der Waals surface area contributed by atoms with Crippen LogP contribution in [0.15, 0.2) is 6.07 Å². The van der Waals surface area contributed by atoms with Gasteiger partial charge in [0.05, 0.1) is 5.60 Å². The standard InChI is InChI=1S/C12H19NOS/c1-9-6-11(10(2)15-9)7-13-8-12(14)4-3-5-12/h6,13-14H,3-5,7-8H2,1-2H3. The van der Waals surface area contributed by atoms with Gasteiger partial charge in [-0.3, -0.25) is 0 Å². The molecule has 1 aliphatic rings. The van der Waals surface area contributed by atoms with Crippen LogP contribution in [0, 0.1) is 13.8 Å². The molecule has 0 radical (unpaired) electrons. The van der Waals surface area contributed by atoms with Gasteiger partial charge in [-0.25, -0.2) is 0 Å². The fraction of sp³-hybridized carbons (Fsp3) is 0.667. The second kappa shape index (κ2) is 4.24. The fourth-order valence-electron chi connectivity index (χ4n) is 2.05. The van der Waals surface area contributed by atoms with Gasteiger partial charge in [0.15, 0.2) is 0 Å². The lowest BCUT2D eigenvalue weighted by molar-refractivity contribution is -0.0314. The van der Waals surface area contributed by atoms with Gasteiger partial charge in [-0.1, -0.05) is 0 Å². The van der Waals surface area contributed by atoms with Crippen molar-refractivity contribution in [1.82, 2.24) is 5.32 Å². The molecule has 0 aromatic carbocycles. The normalized spacial score (nSPS) is 18.9. The van der Waals surface area contributed by atoms with Crippen molar-refractivity contribution in [3.05, 3.63) is 21.4 Å².